The number of aryl methyl sites for hydroxylation is 1. The zero-order chi connectivity index (χ0) is 17.9. The van der Waals surface area contributed by atoms with Crippen LogP contribution in [0.3, 0.4) is 0 Å². The fourth-order valence-corrected chi connectivity index (χ4v) is 4.52. The van der Waals surface area contributed by atoms with Gasteiger partial charge in [-0.2, -0.15) is 0 Å². The monoisotopic (exact) mass is 383 g/mol. The van der Waals surface area contributed by atoms with Gasteiger partial charge in [-0.15, -0.1) is 11.3 Å². The highest BCUT2D eigenvalue weighted by molar-refractivity contribution is 7.22. The second-order valence-electron chi connectivity index (χ2n) is 5.71. The zero-order valence-corrected chi connectivity index (χ0v) is 15.8. The van der Waals surface area contributed by atoms with Crippen molar-refractivity contribution in [1.82, 2.24) is 9.97 Å². The van der Waals surface area contributed by atoms with Crippen molar-refractivity contribution in [2.45, 2.75) is 19.8 Å². The van der Waals surface area contributed by atoms with Crippen molar-refractivity contribution in [2.24, 2.45) is 0 Å². The average Bonchev–Trinajstić information content (AvgIpc) is 3.22. The summed E-state index contributed by atoms with van der Waals surface area (Å²) in [6, 6.07) is 13.8. The van der Waals surface area contributed by atoms with Crippen molar-refractivity contribution in [1.29, 1.82) is 0 Å². The highest BCUT2D eigenvalue weighted by atomic mass is 32.1. The first-order valence-corrected chi connectivity index (χ1v) is 10.0. The number of aromatic nitrogens is 2. The summed E-state index contributed by atoms with van der Waals surface area (Å²) in [5.74, 6) is 0.769. The van der Waals surface area contributed by atoms with Crippen molar-refractivity contribution in [2.75, 3.05) is 11.9 Å². The lowest BCUT2D eigenvalue weighted by Gasteiger charge is -2.00. The molecule has 0 saturated carbocycles. The van der Waals surface area contributed by atoms with E-state index in [9.17, 15) is 4.79 Å². The number of nitrogens with one attached hydrogen (secondary N) is 1. The molecule has 4 aromatic rings. The van der Waals surface area contributed by atoms with E-state index in [1.54, 1.807) is 11.3 Å². The quantitative estimate of drug-likeness (QED) is 0.516. The molecule has 0 aliphatic carbocycles. The minimum atomic E-state index is -0.0478. The van der Waals surface area contributed by atoms with E-state index in [1.165, 1.54) is 11.3 Å². The molecule has 1 N–H and O–H groups in total. The minimum absolute atomic E-state index is 0.0478. The molecule has 0 bridgehead atoms. The van der Waals surface area contributed by atoms with Crippen LogP contribution in [0.2, 0.25) is 0 Å². The summed E-state index contributed by atoms with van der Waals surface area (Å²) in [6.45, 7) is 2.58. The number of rotatable bonds is 6. The Morgan fingerprint density at radius 1 is 1.08 bits per heavy atom. The number of thiazole rings is 2. The van der Waals surface area contributed by atoms with Crippen LogP contribution in [-0.2, 0) is 11.2 Å². The molecule has 132 valence electrons. The smallest absolute Gasteiger partial charge is 0.226 e. The van der Waals surface area contributed by atoms with Gasteiger partial charge in [0, 0.05) is 12.8 Å². The molecule has 2 aromatic heterocycles. The molecule has 5 nitrogen and oxygen atoms in total. The van der Waals surface area contributed by atoms with E-state index in [4.69, 9.17) is 4.74 Å². The van der Waals surface area contributed by atoms with Crippen LogP contribution in [0.1, 0.15) is 18.4 Å². The third-order valence-electron chi connectivity index (χ3n) is 3.82. The van der Waals surface area contributed by atoms with E-state index in [0.717, 1.165) is 31.2 Å². The lowest BCUT2D eigenvalue weighted by atomic mass is 10.3. The Morgan fingerprint density at radius 3 is 2.77 bits per heavy atom. The molecular formula is C19H17N3O2S2. The molecule has 0 aliphatic rings. The standard InChI is InChI=1S/C19H17N3O2S2/c1-2-24-12-7-8-14-16(11-12)26-19(21-14)22-17(23)9-10-18-20-13-5-3-4-6-15(13)25-18/h3-8,11H,2,9-10H2,1H3,(H,21,22,23). The summed E-state index contributed by atoms with van der Waals surface area (Å²) in [4.78, 5) is 21.3. The highest BCUT2D eigenvalue weighted by Crippen LogP contribution is 2.29. The van der Waals surface area contributed by atoms with Crippen LogP contribution < -0.4 is 10.1 Å². The second kappa shape index (κ2) is 7.39. The topological polar surface area (TPSA) is 64.1 Å². The average molecular weight is 383 g/mol. The lowest BCUT2D eigenvalue weighted by Crippen LogP contribution is -2.11. The Kier molecular flexibility index (Phi) is 4.81. The normalized spacial score (nSPS) is 11.1. The van der Waals surface area contributed by atoms with Gasteiger partial charge in [0.15, 0.2) is 5.13 Å². The van der Waals surface area contributed by atoms with Crippen LogP contribution in [0.4, 0.5) is 5.13 Å². The number of carbonyl (C=O) groups is 1. The van der Waals surface area contributed by atoms with Crippen LogP contribution in [0.5, 0.6) is 5.75 Å². The predicted octanol–water partition coefficient (Wildman–Crippen LogP) is 4.88. The van der Waals surface area contributed by atoms with E-state index in [-0.39, 0.29) is 5.91 Å². The van der Waals surface area contributed by atoms with Crippen LogP contribution >= 0.6 is 22.7 Å². The molecule has 2 heterocycles. The molecule has 0 fully saturated rings. The Balaban J connectivity index is 1.40. The number of amides is 1. The zero-order valence-electron chi connectivity index (χ0n) is 14.2. The summed E-state index contributed by atoms with van der Waals surface area (Å²) < 4.78 is 7.65. The molecule has 0 unspecified atom stereocenters. The fraction of sp³-hybridized carbons (Fsp3) is 0.211. The Labute approximate surface area is 158 Å². The fourth-order valence-electron chi connectivity index (χ4n) is 2.64. The van der Waals surface area contributed by atoms with Crippen LogP contribution in [0.25, 0.3) is 20.4 Å². The van der Waals surface area contributed by atoms with Crippen molar-refractivity contribution >= 4 is 54.1 Å². The van der Waals surface area contributed by atoms with Gasteiger partial charge in [-0.05, 0) is 37.3 Å². The third-order valence-corrected chi connectivity index (χ3v) is 5.85. The second-order valence-corrected chi connectivity index (χ2v) is 7.85. The molecular weight excluding hydrogens is 366 g/mol. The van der Waals surface area contributed by atoms with Gasteiger partial charge in [-0.25, -0.2) is 9.97 Å². The lowest BCUT2D eigenvalue weighted by molar-refractivity contribution is -0.116. The van der Waals surface area contributed by atoms with Crippen LogP contribution in [0.15, 0.2) is 42.5 Å². The Morgan fingerprint density at radius 2 is 1.92 bits per heavy atom. The van der Waals surface area contributed by atoms with Crippen molar-refractivity contribution in [3.8, 4) is 5.75 Å². The summed E-state index contributed by atoms with van der Waals surface area (Å²) in [5.41, 5.74) is 1.85. The predicted molar refractivity (Wildman–Crippen MR) is 107 cm³/mol. The van der Waals surface area contributed by atoms with Gasteiger partial charge in [0.2, 0.25) is 5.91 Å². The number of carbonyl (C=O) groups excluding carboxylic acids is 1. The highest BCUT2D eigenvalue weighted by Gasteiger charge is 2.10. The Bertz CT molecular complexity index is 1040. The SMILES string of the molecule is CCOc1ccc2nc(NC(=O)CCc3nc4ccccc4s3)sc2c1. The summed E-state index contributed by atoms with van der Waals surface area (Å²) in [7, 11) is 0. The number of hydrogen-bond acceptors (Lipinski definition) is 6. The molecule has 7 heteroatoms. The number of anilines is 1. The van der Waals surface area contributed by atoms with E-state index >= 15 is 0 Å². The first-order valence-electron chi connectivity index (χ1n) is 8.39. The maximum atomic E-state index is 12.3. The molecule has 1 amide bonds. The van der Waals surface area contributed by atoms with Crippen molar-refractivity contribution < 1.29 is 9.53 Å². The third kappa shape index (κ3) is 3.68. The van der Waals surface area contributed by atoms with E-state index in [1.807, 2.05) is 49.4 Å². The van der Waals surface area contributed by atoms with Crippen molar-refractivity contribution in [3.05, 3.63) is 47.5 Å². The van der Waals surface area contributed by atoms with Gasteiger partial charge < -0.3 is 10.1 Å². The van der Waals surface area contributed by atoms with Gasteiger partial charge in [-0.3, -0.25) is 4.79 Å². The van der Waals surface area contributed by atoms with Gasteiger partial charge in [0.05, 0.1) is 32.0 Å². The number of ether oxygens (including phenoxy) is 1. The number of nitrogens with zero attached hydrogens (tertiary/aromatic N) is 2. The number of fused-ring (bicyclic) bond motifs is 2. The van der Waals surface area contributed by atoms with Crippen LogP contribution in [-0.4, -0.2) is 22.5 Å². The molecule has 0 aliphatic heterocycles. The molecule has 2 aromatic carbocycles. The van der Waals surface area contributed by atoms with Crippen molar-refractivity contribution in [3.63, 3.8) is 0 Å². The van der Waals surface area contributed by atoms with Gasteiger partial charge in [0.25, 0.3) is 0 Å². The molecule has 0 atom stereocenters. The maximum Gasteiger partial charge on any atom is 0.226 e. The summed E-state index contributed by atoms with van der Waals surface area (Å²) in [6.07, 6.45) is 1.02. The van der Waals surface area contributed by atoms with Gasteiger partial charge in [-0.1, -0.05) is 23.5 Å². The van der Waals surface area contributed by atoms with Gasteiger partial charge >= 0.3 is 0 Å². The Hall–Kier alpha value is -2.51. The number of para-hydroxylation sites is 1. The molecule has 0 saturated heterocycles. The van der Waals surface area contributed by atoms with E-state index in [0.29, 0.717) is 24.6 Å². The largest absolute Gasteiger partial charge is 0.494 e. The van der Waals surface area contributed by atoms with Gasteiger partial charge in [0.1, 0.15) is 5.75 Å². The molecule has 0 radical (unpaired) electrons. The first-order chi connectivity index (χ1) is 12.7. The number of hydrogen-bond donors (Lipinski definition) is 1. The van der Waals surface area contributed by atoms with E-state index < -0.39 is 0 Å². The molecule has 4 rings (SSSR count). The molecule has 0 spiro atoms. The summed E-state index contributed by atoms with van der Waals surface area (Å²) >= 11 is 3.09. The molecule has 26 heavy (non-hydrogen) atoms. The van der Waals surface area contributed by atoms with E-state index in [2.05, 4.69) is 15.3 Å². The first kappa shape index (κ1) is 16.9. The maximum absolute atomic E-state index is 12.3. The number of benzene rings is 2. The minimum Gasteiger partial charge on any atom is -0.494 e. The van der Waals surface area contributed by atoms with Crippen LogP contribution in [0, 0.1) is 0 Å². The summed E-state index contributed by atoms with van der Waals surface area (Å²) in [5, 5.41) is 4.48.